The van der Waals surface area contributed by atoms with E-state index in [4.69, 9.17) is 4.74 Å². The third kappa shape index (κ3) is 3.54. The number of carbonyl (C=O) groups excluding carboxylic acids is 2. The first-order valence-electron chi connectivity index (χ1n) is 4.76. The van der Waals surface area contributed by atoms with Crippen LogP contribution in [0.25, 0.3) is 0 Å². The van der Waals surface area contributed by atoms with Crippen molar-refractivity contribution >= 4 is 11.8 Å². The summed E-state index contributed by atoms with van der Waals surface area (Å²) in [7, 11) is 0. The Labute approximate surface area is 89.1 Å². The highest BCUT2D eigenvalue weighted by Crippen LogP contribution is 2.18. The van der Waals surface area contributed by atoms with E-state index in [0.717, 1.165) is 11.1 Å². The van der Waals surface area contributed by atoms with Gasteiger partial charge in [0.1, 0.15) is 11.5 Å². The maximum absolute atomic E-state index is 11.0. The Morgan fingerprint density at radius 3 is 2.47 bits per heavy atom. The van der Waals surface area contributed by atoms with Gasteiger partial charge in [-0.05, 0) is 37.1 Å². The first-order chi connectivity index (χ1) is 6.99. The third-order valence-electron chi connectivity index (χ3n) is 2.02. The Morgan fingerprint density at radius 1 is 1.27 bits per heavy atom. The fourth-order valence-corrected chi connectivity index (χ4v) is 1.34. The molecule has 0 N–H and O–H groups in total. The molecule has 0 radical (unpaired) electrons. The summed E-state index contributed by atoms with van der Waals surface area (Å²) in [5, 5.41) is 0. The molecule has 0 aliphatic heterocycles. The first-order valence-corrected chi connectivity index (χ1v) is 4.76. The standard InChI is InChI=1S/C12H14O3/c1-8-4-5-12(15-10(3)14)7-11(8)6-9(2)13/h4-5,7H,6H2,1-3H3. The van der Waals surface area contributed by atoms with E-state index in [1.807, 2.05) is 13.0 Å². The van der Waals surface area contributed by atoms with Gasteiger partial charge in [-0.3, -0.25) is 9.59 Å². The van der Waals surface area contributed by atoms with Crippen LogP contribution in [0, 0.1) is 6.92 Å². The van der Waals surface area contributed by atoms with Crippen molar-refractivity contribution < 1.29 is 14.3 Å². The summed E-state index contributed by atoms with van der Waals surface area (Å²) in [6, 6.07) is 5.30. The number of Topliss-reactive ketones (excluding diaryl/α,β-unsaturated/α-hetero) is 1. The summed E-state index contributed by atoms with van der Waals surface area (Å²) >= 11 is 0. The molecule has 3 nitrogen and oxygen atoms in total. The van der Waals surface area contributed by atoms with Gasteiger partial charge in [0.15, 0.2) is 0 Å². The third-order valence-corrected chi connectivity index (χ3v) is 2.02. The average Bonchev–Trinajstić information content (AvgIpc) is 2.09. The number of rotatable bonds is 3. The lowest BCUT2D eigenvalue weighted by molar-refractivity contribution is -0.131. The highest BCUT2D eigenvalue weighted by molar-refractivity contribution is 5.78. The van der Waals surface area contributed by atoms with E-state index in [0.29, 0.717) is 12.2 Å². The van der Waals surface area contributed by atoms with Crippen LogP contribution in [0.5, 0.6) is 5.75 Å². The second kappa shape index (κ2) is 4.73. The van der Waals surface area contributed by atoms with Crippen molar-refractivity contribution in [1.29, 1.82) is 0 Å². The normalized spacial score (nSPS) is 9.80. The van der Waals surface area contributed by atoms with Crippen LogP contribution in [0.1, 0.15) is 25.0 Å². The van der Waals surface area contributed by atoms with Gasteiger partial charge in [0.25, 0.3) is 0 Å². The molecule has 0 atom stereocenters. The van der Waals surface area contributed by atoms with Gasteiger partial charge in [-0.2, -0.15) is 0 Å². The molecule has 0 heterocycles. The van der Waals surface area contributed by atoms with Gasteiger partial charge in [-0.15, -0.1) is 0 Å². The van der Waals surface area contributed by atoms with Crippen LogP contribution in [0.3, 0.4) is 0 Å². The van der Waals surface area contributed by atoms with Crippen molar-refractivity contribution in [2.24, 2.45) is 0 Å². The molecule has 1 aromatic carbocycles. The summed E-state index contributed by atoms with van der Waals surface area (Å²) < 4.78 is 4.94. The molecule has 0 fully saturated rings. The highest BCUT2D eigenvalue weighted by atomic mass is 16.5. The summed E-state index contributed by atoms with van der Waals surface area (Å²) in [6.07, 6.45) is 0.376. The van der Waals surface area contributed by atoms with Crippen LogP contribution >= 0.6 is 0 Å². The summed E-state index contributed by atoms with van der Waals surface area (Å²) in [4.78, 5) is 21.7. The van der Waals surface area contributed by atoms with Gasteiger partial charge in [0, 0.05) is 13.3 Å². The van der Waals surface area contributed by atoms with E-state index in [9.17, 15) is 9.59 Å². The Kier molecular flexibility index (Phi) is 3.61. The van der Waals surface area contributed by atoms with E-state index < -0.39 is 0 Å². The Bertz CT molecular complexity index is 394. The van der Waals surface area contributed by atoms with Gasteiger partial charge >= 0.3 is 5.97 Å². The fraction of sp³-hybridized carbons (Fsp3) is 0.333. The van der Waals surface area contributed by atoms with Crippen molar-refractivity contribution in [2.75, 3.05) is 0 Å². The van der Waals surface area contributed by atoms with Gasteiger partial charge < -0.3 is 4.74 Å². The first kappa shape index (κ1) is 11.4. The molecule has 0 unspecified atom stereocenters. The lowest BCUT2D eigenvalue weighted by Crippen LogP contribution is -2.04. The molecular formula is C12H14O3. The van der Waals surface area contributed by atoms with E-state index in [-0.39, 0.29) is 11.8 Å². The molecule has 0 spiro atoms. The van der Waals surface area contributed by atoms with Crippen LogP contribution in [-0.4, -0.2) is 11.8 Å². The quantitative estimate of drug-likeness (QED) is 0.561. The Hall–Kier alpha value is -1.64. The van der Waals surface area contributed by atoms with E-state index >= 15 is 0 Å². The molecule has 1 rings (SSSR count). The van der Waals surface area contributed by atoms with Crippen molar-refractivity contribution in [2.45, 2.75) is 27.2 Å². The zero-order chi connectivity index (χ0) is 11.4. The van der Waals surface area contributed by atoms with Crippen molar-refractivity contribution in [3.8, 4) is 5.75 Å². The summed E-state index contributed by atoms with van der Waals surface area (Å²) in [5.74, 6) is 0.232. The molecule has 0 bridgehead atoms. The van der Waals surface area contributed by atoms with E-state index in [1.54, 1.807) is 12.1 Å². The van der Waals surface area contributed by atoms with Gasteiger partial charge in [0.05, 0.1) is 0 Å². The lowest BCUT2D eigenvalue weighted by Gasteiger charge is -2.06. The number of esters is 1. The molecular weight excluding hydrogens is 192 g/mol. The van der Waals surface area contributed by atoms with Gasteiger partial charge in [-0.25, -0.2) is 0 Å². The second-order valence-corrected chi connectivity index (χ2v) is 3.56. The second-order valence-electron chi connectivity index (χ2n) is 3.56. The number of hydrogen-bond acceptors (Lipinski definition) is 3. The monoisotopic (exact) mass is 206 g/mol. The predicted octanol–water partition coefficient (Wildman–Crippen LogP) is 2.05. The highest BCUT2D eigenvalue weighted by Gasteiger charge is 2.05. The summed E-state index contributed by atoms with van der Waals surface area (Å²) in [6.45, 7) is 4.82. The molecule has 0 aliphatic carbocycles. The number of ether oxygens (including phenoxy) is 1. The smallest absolute Gasteiger partial charge is 0.308 e. The maximum atomic E-state index is 11.0. The van der Waals surface area contributed by atoms with Crippen molar-refractivity contribution in [1.82, 2.24) is 0 Å². The Balaban J connectivity index is 2.94. The molecule has 1 aromatic rings. The largest absolute Gasteiger partial charge is 0.427 e. The van der Waals surface area contributed by atoms with Crippen LogP contribution in [0.4, 0.5) is 0 Å². The number of hydrogen-bond donors (Lipinski definition) is 0. The number of carbonyl (C=O) groups is 2. The maximum Gasteiger partial charge on any atom is 0.308 e. The molecule has 0 aliphatic rings. The lowest BCUT2D eigenvalue weighted by atomic mass is 10.0. The van der Waals surface area contributed by atoms with Gasteiger partial charge in [0.2, 0.25) is 0 Å². The van der Waals surface area contributed by atoms with Crippen molar-refractivity contribution in [3.05, 3.63) is 29.3 Å². The molecule has 3 heteroatoms. The van der Waals surface area contributed by atoms with Crippen LogP contribution < -0.4 is 4.74 Å². The number of ketones is 1. The molecule has 0 saturated heterocycles. The van der Waals surface area contributed by atoms with Gasteiger partial charge in [-0.1, -0.05) is 6.07 Å². The van der Waals surface area contributed by atoms with Crippen LogP contribution in [0.15, 0.2) is 18.2 Å². The number of aryl methyl sites for hydroxylation is 1. The summed E-state index contributed by atoms with van der Waals surface area (Å²) in [5.41, 5.74) is 1.93. The SMILES string of the molecule is CC(=O)Cc1cc(OC(C)=O)ccc1C. The zero-order valence-corrected chi connectivity index (χ0v) is 9.16. The molecule has 80 valence electrons. The minimum Gasteiger partial charge on any atom is -0.427 e. The van der Waals surface area contributed by atoms with E-state index in [1.165, 1.54) is 13.8 Å². The van der Waals surface area contributed by atoms with Crippen LogP contribution in [0.2, 0.25) is 0 Å². The average molecular weight is 206 g/mol. The number of benzene rings is 1. The molecule has 0 amide bonds. The Morgan fingerprint density at radius 2 is 1.93 bits per heavy atom. The topological polar surface area (TPSA) is 43.4 Å². The minimum atomic E-state index is -0.354. The zero-order valence-electron chi connectivity index (χ0n) is 9.16. The molecule has 0 saturated carbocycles. The fourth-order valence-electron chi connectivity index (χ4n) is 1.34. The van der Waals surface area contributed by atoms with E-state index in [2.05, 4.69) is 0 Å². The molecule has 15 heavy (non-hydrogen) atoms. The minimum absolute atomic E-state index is 0.0954. The van der Waals surface area contributed by atoms with Crippen molar-refractivity contribution in [3.63, 3.8) is 0 Å². The van der Waals surface area contributed by atoms with Crippen LogP contribution in [-0.2, 0) is 16.0 Å². The predicted molar refractivity (Wildman–Crippen MR) is 56.9 cm³/mol. The molecule has 0 aromatic heterocycles.